The number of carbonyl (C=O) groups is 1. The number of amides is 1. The molecule has 0 saturated carbocycles. The summed E-state index contributed by atoms with van der Waals surface area (Å²) >= 11 is 0. The van der Waals surface area contributed by atoms with Crippen molar-refractivity contribution in [2.45, 2.75) is 19.4 Å². The first-order valence-corrected chi connectivity index (χ1v) is 10.1. The zero-order valence-electron chi connectivity index (χ0n) is 15.4. The molecule has 0 heterocycles. The van der Waals surface area contributed by atoms with Crippen LogP contribution in [0, 0.1) is 0 Å². The molecule has 6 nitrogen and oxygen atoms in total. The summed E-state index contributed by atoms with van der Waals surface area (Å²) in [6, 6.07) is 14.0. The van der Waals surface area contributed by atoms with Crippen LogP contribution in [0.4, 0.5) is 5.69 Å². The lowest BCUT2D eigenvalue weighted by atomic mass is 10.0. The largest absolute Gasteiger partial charge is 0.497 e. The zero-order valence-corrected chi connectivity index (χ0v) is 16.2. The highest BCUT2D eigenvalue weighted by atomic mass is 32.2. The predicted molar refractivity (Wildman–Crippen MR) is 103 cm³/mol. The van der Waals surface area contributed by atoms with Crippen LogP contribution in [0.3, 0.4) is 0 Å². The van der Waals surface area contributed by atoms with Crippen molar-refractivity contribution in [2.75, 3.05) is 24.7 Å². The van der Waals surface area contributed by atoms with Gasteiger partial charge in [-0.25, -0.2) is 8.42 Å². The molecule has 0 spiro atoms. The molecule has 0 aliphatic carbocycles. The van der Waals surface area contributed by atoms with E-state index in [9.17, 15) is 13.2 Å². The van der Waals surface area contributed by atoms with E-state index in [1.165, 1.54) is 7.05 Å². The summed E-state index contributed by atoms with van der Waals surface area (Å²) in [5.41, 5.74) is 1.61. The maximum atomic E-state index is 12.8. The van der Waals surface area contributed by atoms with Crippen molar-refractivity contribution >= 4 is 21.6 Å². The van der Waals surface area contributed by atoms with Gasteiger partial charge in [0.05, 0.1) is 30.7 Å². The number of sulfonamides is 1. The molecule has 2 aromatic carbocycles. The molecule has 1 amide bonds. The van der Waals surface area contributed by atoms with E-state index in [4.69, 9.17) is 4.74 Å². The van der Waals surface area contributed by atoms with Crippen LogP contribution in [0.5, 0.6) is 5.75 Å². The summed E-state index contributed by atoms with van der Waals surface area (Å²) < 4.78 is 30.0. The molecule has 0 fully saturated rings. The van der Waals surface area contributed by atoms with Crippen molar-refractivity contribution in [3.05, 3.63) is 59.7 Å². The molecule has 0 aliphatic rings. The summed E-state index contributed by atoms with van der Waals surface area (Å²) in [7, 11) is -0.433. The zero-order chi connectivity index (χ0) is 19.3. The second kappa shape index (κ2) is 8.23. The van der Waals surface area contributed by atoms with Crippen LogP contribution in [0.25, 0.3) is 0 Å². The molecule has 2 aromatic rings. The number of rotatable bonds is 7. The topological polar surface area (TPSA) is 75.7 Å². The summed E-state index contributed by atoms with van der Waals surface area (Å²) in [4.78, 5) is 12.8. The SMILES string of the molecule is CC[C@@H](NC(=O)c1ccccc1N(C)S(C)(=O)=O)c1ccc(OC)cc1. The van der Waals surface area contributed by atoms with Crippen LogP contribution >= 0.6 is 0 Å². The van der Waals surface area contributed by atoms with Crippen LogP contribution in [-0.2, 0) is 10.0 Å². The number of hydrogen-bond donors (Lipinski definition) is 1. The van der Waals surface area contributed by atoms with Gasteiger partial charge in [0, 0.05) is 7.05 Å². The first-order valence-electron chi connectivity index (χ1n) is 8.25. The highest BCUT2D eigenvalue weighted by Gasteiger charge is 2.21. The third-order valence-electron chi connectivity index (χ3n) is 4.22. The fraction of sp³-hybridized carbons (Fsp3) is 0.316. The Morgan fingerprint density at radius 3 is 2.31 bits per heavy atom. The van der Waals surface area contributed by atoms with Gasteiger partial charge in [-0.2, -0.15) is 0 Å². The Kier molecular flexibility index (Phi) is 6.26. The number of carbonyl (C=O) groups excluding carboxylic acids is 1. The van der Waals surface area contributed by atoms with Gasteiger partial charge >= 0.3 is 0 Å². The van der Waals surface area contributed by atoms with Crippen molar-refractivity contribution in [1.29, 1.82) is 0 Å². The molecule has 1 atom stereocenters. The lowest BCUT2D eigenvalue weighted by Gasteiger charge is -2.22. The van der Waals surface area contributed by atoms with E-state index in [1.807, 2.05) is 31.2 Å². The summed E-state index contributed by atoms with van der Waals surface area (Å²) in [5, 5.41) is 2.98. The molecule has 0 unspecified atom stereocenters. The van der Waals surface area contributed by atoms with Crippen LogP contribution in [0.1, 0.15) is 35.3 Å². The van der Waals surface area contributed by atoms with Gasteiger partial charge in [0.1, 0.15) is 5.75 Å². The minimum Gasteiger partial charge on any atom is -0.497 e. The van der Waals surface area contributed by atoms with E-state index >= 15 is 0 Å². The molecule has 2 rings (SSSR count). The van der Waals surface area contributed by atoms with E-state index in [0.717, 1.165) is 21.9 Å². The van der Waals surface area contributed by atoms with Crippen LogP contribution in [-0.4, -0.2) is 34.7 Å². The van der Waals surface area contributed by atoms with E-state index in [-0.39, 0.29) is 11.9 Å². The predicted octanol–water partition coefficient (Wildman–Crippen LogP) is 2.97. The monoisotopic (exact) mass is 376 g/mol. The molecule has 0 aliphatic heterocycles. The van der Waals surface area contributed by atoms with Crippen LogP contribution in [0.15, 0.2) is 48.5 Å². The molecule has 0 saturated heterocycles. The Bertz CT molecular complexity index is 863. The number of para-hydroxylation sites is 1. The van der Waals surface area contributed by atoms with E-state index < -0.39 is 10.0 Å². The molecule has 1 N–H and O–H groups in total. The highest BCUT2D eigenvalue weighted by Crippen LogP contribution is 2.24. The fourth-order valence-corrected chi connectivity index (χ4v) is 3.13. The lowest BCUT2D eigenvalue weighted by molar-refractivity contribution is 0.0936. The van der Waals surface area contributed by atoms with Crippen LogP contribution in [0.2, 0.25) is 0 Å². The van der Waals surface area contributed by atoms with Gasteiger partial charge in [0.25, 0.3) is 5.91 Å². The number of benzene rings is 2. The van der Waals surface area contributed by atoms with Crippen molar-refractivity contribution < 1.29 is 17.9 Å². The van der Waals surface area contributed by atoms with Crippen LogP contribution < -0.4 is 14.4 Å². The summed E-state index contributed by atoms with van der Waals surface area (Å²) in [6.45, 7) is 1.98. The second-order valence-electron chi connectivity index (χ2n) is 5.96. The number of hydrogen-bond acceptors (Lipinski definition) is 4. The van der Waals surface area contributed by atoms with Crippen molar-refractivity contribution in [2.24, 2.45) is 0 Å². The Morgan fingerprint density at radius 2 is 1.77 bits per heavy atom. The molecule has 7 heteroatoms. The van der Waals surface area contributed by atoms with Gasteiger partial charge in [0.15, 0.2) is 0 Å². The standard InChI is InChI=1S/C19H24N2O4S/c1-5-17(14-10-12-15(25-3)13-11-14)20-19(22)16-8-6-7-9-18(16)21(2)26(4,23)24/h6-13,17H,5H2,1-4H3,(H,20,22)/t17-/m1/s1. The minimum atomic E-state index is -3.47. The first kappa shape index (κ1) is 19.8. The Hall–Kier alpha value is -2.54. The van der Waals surface area contributed by atoms with Crippen molar-refractivity contribution in [3.8, 4) is 5.75 Å². The summed E-state index contributed by atoms with van der Waals surface area (Å²) in [6.07, 6.45) is 1.80. The van der Waals surface area contributed by atoms with Gasteiger partial charge < -0.3 is 10.1 Å². The Morgan fingerprint density at radius 1 is 1.15 bits per heavy atom. The van der Waals surface area contributed by atoms with Gasteiger partial charge in [-0.05, 0) is 36.2 Å². The quantitative estimate of drug-likeness (QED) is 0.806. The van der Waals surface area contributed by atoms with Crippen molar-refractivity contribution in [3.63, 3.8) is 0 Å². The number of nitrogens with zero attached hydrogens (tertiary/aromatic N) is 1. The lowest BCUT2D eigenvalue weighted by Crippen LogP contribution is -2.32. The Balaban J connectivity index is 2.28. The van der Waals surface area contributed by atoms with Gasteiger partial charge in [-0.15, -0.1) is 0 Å². The third kappa shape index (κ3) is 4.54. The molecule has 140 valence electrons. The number of ether oxygens (including phenoxy) is 1. The Labute approximate surface area is 154 Å². The molecule has 26 heavy (non-hydrogen) atoms. The maximum Gasteiger partial charge on any atom is 0.253 e. The molecule has 0 bridgehead atoms. The molecule has 0 aromatic heterocycles. The normalized spacial score (nSPS) is 12.3. The molecular formula is C19H24N2O4S. The maximum absolute atomic E-state index is 12.8. The third-order valence-corrected chi connectivity index (χ3v) is 5.41. The summed E-state index contributed by atoms with van der Waals surface area (Å²) in [5.74, 6) is 0.425. The number of methoxy groups -OCH3 is 1. The van der Waals surface area contributed by atoms with Gasteiger partial charge in [-0.1, -0.05) is 31.2 Å². The second-order valence-corrected chi connectivity index (χ2v) is 7.97. The average molecular weight is 376 g/mol. The molecular weight excluding hydrogens is 352 g/mol. The number of nitrogens with one attached hydrogen (secondary N) is 1. The fourth-order valence-electron chi connectivity index (χ4n) is 2.61. The van der Waals surface area contributed by atoms with E-state index in [1.54, 1.807) is 31.4 Å². The van der Waals surface area contributed by atoms with Crippen molar-refractivity contribution in [1.82, 2.24) is 5.32 Å². The minimum absolute atomic E-state index is 0.190. The van der Waals surface area contributed by atoms with E-state index in [0.29, 0.717) is 17.7 Å². The van der Waals surface area contributed by atoms with Gasteiger partial charge in [0.2, 0.25) is 10.0 Å². The van der Waals surface area contributed by atoms with E-state index in [2.05, 4.69) is 5.32 Å². The average Bonchev–Trinajstić information content (AvgIpc) is 2.64. The first-order chi connectivity index (χ1) is 12.3. The molecule has 0 radical (unpaired) electrons. The highest BCUT2D eigenvalue weighted by molar-refractivity contribution is 7.92. The smallest absolute Gasteiger partial charge is 0.253 e. The van der Waals surface area contributed by atoms with Gasteiger partial charge in [-0.3, -0.25) is 9.10 Å². The number of anilines is 1.